The van der Waals surface area contributed by atoms with Crippen LogP contribution in [0.4, 0.5) is 11.5 Å². The van der Waals surface area contributed by atoms with Gasteiger partial charge in [0.25, 0.3) is 0 Å². The number of benzene rings is 2. The molecule has 1 heterocycles. The third kappa shape index (κ3) is 5.33. The van der Waals surface area contributed by atoms with Gasteiger partial charge in [0, 0.05) is 6.54 Å². The monoisotopic (exact) mass is 375 g/mol. The molecule has 0 radical (unpaired) electrons. The molecule has 0 saturated carbocycles. The van der Waals surface area contributed by atoms with E-state index in [1.54, 1.807) is 19.4 Å². The number of nitrogens with zero attached hydrogens (tertiary/aromatic N) is 1. The predicted octanol–water partition coefficient (Wildman–Crippen LogP) is 4.23. The van der Waals surface area contributed by atoms with Crippen molar-refractivity contribution in [3.8, 4) is 5.75 Å². The Bertz CT molecular complexity index is 923. The lowest BCUT2D eigenvalue weighted by Gasteiger charge is -2.10. The molecule has 0 aliphatic heterocycles. The topological polar surface area (TPSA) is 63.2 Å². The van der Waals surface area contributed by atoms with Crippen molar-refractivity contribution >= 4 is 17.4 Å². The Hall–Kier alpha value is -3.34. The lowest BCUT2D eigenvalue weighted by molar-refractivity contribution is -0.115. The Morgan fingerprint density at radius 2 is 1.75 bits per heavy atom. The third-order valence-corrected chi connectivity index (χ3v) is 4.56. The maximum atomic E-state index is 12.2. The Balaban J connectivity index is 1.49. The van der Waals surface area contributed by atoms with Gasteiger partial charge in [0.1, 0.15) is 11.6 Å². The van der Waals surface area contributed by atoms with Crippen molar-refractivity contribution in [3.63, 3.8) is 0 Å². The van der Waals surface area contributed by atoms with E-state index in [0.717, 1.165) is 41.1 Å². The van der Waals surface area contributed by atoms with Gasteiger partial charge < -0.3 is 15.4 Å². The highest BCUT2D eigenvalue weighted by Crippen LogP contribution is 2.18. The van der Waals surface area contributed by atoms with Crippen LogP contribution in [0.3, 0.4) is 0 Å². The van der Waals surface area contributed by atoms with E-state index >= 15 is 0 Å². The zero-order valence-corrected chi connectivity index (χ0v) is 16.2. The molecule has 1 aromatic heterocycles. The van der Waals surface area contributed by atoms with Crippen LogP contribution in [0.5, 0.6) is 5.75 Å². The molecular formula is C23H25N3O2. The van der Waals surface area contributed by atoms with Crippen LogP contribution in [0.2, 0.25) is 0 Å². The van der Waals surface area contributed by atoms with Crippen molar-refractivity contribution in [2.75, 3.05) is 24.3 Å². The van der Waals surface area contributed by atoms with Crippen LogP contribution in [0, 0.1) is 6.92 Å². The summed E-state index contributed by atoms with van der Waals surface area (Å²) in [4.78, 5) is 16.6. The highest BCUT2D eigenvalue weighted by atomic mass is 16.5. The van der Waals surface area contributed by atoms with Crippen LogP contribution in [0.1, 0.15) is 16.7 Å². The number of carbonyl (C=O) groups is 1. The summed E-state index contributed by atoms with van der Waals surface area (Å²) in [6.45, 7) is 2.77. The summed E-state index contributed by atoms with van der Waals surface area (Å²) in [5, 5.41) is 6.19. The van der Waals surface area contributed by atoms with Gasteiger partial charge in [0.15, 0.2) is 0 Å². The second-order valence-electron chi connectivity index (χ2n) is 6.57. The lowest BCUT2D eigenvalue weighted by Crippen LogP contribution is -2.16. The van der Waals surface area contributed by atoms with Crippen LogP contribution in [-0.2, 0) is 17.6 Å². The third-order valence-electron chi connectivity index (χ3n) is 4.56. The van der Waals surface area contributed by atoms with Gasteiger partial charge in [0.05, 0.1) is 25.4 Å². The molecule has 0 saturated heterocycles. The molecule has 0 aliphatic carbocycles. The van der Waals surface area contributed by atoms with Crippen molar-refractivity contribution in [2.24, 2.45) is 0 Å². The summed E-state index contributed by atoms with van der Waals surface area (Å²) in [7, 11) is 1.68. The van der Waals surface area contributed by atoms with Crippen LogP contribution in [0.15, 0.2) is 66.9 Å². The van der Waals surface area contributed by atoms with Gasteiger partial charge in [-0.05, 0) is 48.2 Å². The van der Waals surface area contributed by atoms with Gasteiger partial charge in [-0.2, -0.15) is 0 Å². The van der Waals surface area contributed by atoms with Crippen molar-refractivity contribution in [1.82, 2.24) is 4.98 Å². The molecule has 0 spiro atoms. The van der Waals surface area contributed by atoms with Crippen molar-refractivity contribution in [2.45, 2.75) is 19.8 Å². The fourth-order valence-electron chi connectivity index (χ4n) is 2.99. The molecule has 2 aromatic carbocycles. The second-order valence-corrected chi connectivity index (χ2v) is 6.57. The first-order chi connectivity index (χ1) is 13.7. The first-order valence-electron chi connectivity index (χ1n) is 9.32. The number of anilines is 2. The second kappa shape index (κ2) is 9.55. The Labute approximate surface area is 165 Å². The number of rotatable bonds is 8. The minimum Gasteiger partial charge on any atom is -0.496 e. The Morgan fingerprint density at radius 1 is 1.00 bits per heavy atom. The Morgan fingerprint density at radius 3 is 2.46 bits per heavy atom. The summed E-state index contributed by atoms with van der Waals surface area (Å²) < 4.78 is 5.37. The van der Waals surface area contributed by atoms with E-state index < -0.39 is 0 Å². The molecule has 3 aromatic rings. The summed E-state index contributed by atoms with van der Waals surface area (Å²) in [6.07, 6.45) is 2.91. The quantitative estimate of drug-likeness (QED) is 0.618. The molecular weight excluding hydrogens is 350 g/mol. The number of amides is 1. The van der Waals surface area contributed by atoms with Crippen molar-refractivity contribution < 1.29 is 9.53 Å². The summed E-state index contributed by atoms with van der Waals surface area (Å²) in [5.74, 6) is 1.38. The predicted molar refractivity (Wildman–Crippen MR) is 113 cm³/mol. The number of para-hydroxylation sites is 1. The number of nitrogens with one attached hydrogen (secondary N) is 2. The fourth-order valence-corrected chi connectivity index (χ4v) is 2.99. The molecule has 2 N–H and O–H groups in total. The SMILES string of the molecule is COc1ccccc1CCNc1ccc(NC(=O)Cc2ccccc2C)nc1. The lowest BCUT2D eigenvalue weighted by atomic mass is 10.1. The van der Waals surface area contributed by atoms with Gasteiger partial charge in [-0.25, -0.2) is 4.98 Å². The molecule has 3 rings (SSSR count). The average molecular weight is 375 g/mol. The zero-order valence-electron chi connectivity index (χ0n) is 16.2. The molecule has 0 aliphatic rings. The molecule has 5 heteroatoms. The number of hydrogen-bond donors (Lipinski definition) is 2. The Kier molecular flexibility index (Phi) is 6.63. The largest absolute Gasteiger partial charge is 0.496 e. The van der Waals surface area contributed by atoms with Gasteiger partial charge in [-0.3, -0.25) is 4.79 Å². The van der Waals surface area contributed by atoms with Crippen LogP contribution in [-0.4, -0.2) is 24.5 Å². The van der Waals surface area contributed by atoms with Crippen LogP contribution >= 0.6 is 0 Å². The highest BCUT2D eigenvalue weighted by Gasteiger charge is 2.07. The standard InChI is InChI=1S/C23H25N3O2/c1-17-7-3-4-9-19(17)15-23(27)26-22-12-11-20(16-25-22)24-14-13-18-8-5-6-10-21(18)28-2/h3-12,16,24H,13-15H2,1-2H3,(H,25,26,27). The van der Waals surface area contributed by atoms with Crippen molar-refractivity contribution in [1.29, 1.82) is 0 Å². The van der Waals surface area contributed by atoms with E-state index in [9.17, 15) is 4.79 Å². The van der Waals surface area contributed by atoms with Crippen molar-refractivity contribution in [3.05, 3.63) is 83.6 Å². The van der Waals surface area contributed by atoms with E-state index in [4.69, 9.17) is 4.74 Å². The van der Waals surface area contributed by atoms with Gasteiger partial charge in [0.2, 0.25) is 5.91 Å². The number of aryl methyl sites for hydroxylation is 1. The molecule has 1 amide bonds. The summed E-state index contributed by atoms with van der Waals surface area (Å²) in [6, 6.07) is 19.6. The van der Waals surface area contributed by atoms with E-state index in [1.165, 1.54) is 0 Å². The summed E-state index contributed by atoms with van der Waals surface area (Å²) >= 11 is 0. The molecule has 0 atom stereocenters. The maximum Gasteiger partial charge on any atom is 0.229 e. The molecule has 5 nitrogen and oxygen atoms in total. The maximum absolute atomic E-state index is 12.2. The molecule has 144 valence electrons. The number of hydrogen-bond acceptors (Lipinski definition) is 4. The van der Waals surface area contributed by atoms with Crippen LogP contribution < -0.4 is 15.4 Å². The molecule has 28 heavy (non-hydrogen) atoms. The minimum atomic E-state index is -0.0707. The number of aromatic nitrogens is 1. The minimum absolute atomic E-state index is 0.0707. The van der Waals surface area contributed by atoms with E-state index in [0.29, 0.717) is 12.2 Å². The molecule has 0 bridgehead atoms. The van der Waals surface area contributed by atoms with Gasteiger partial charge in [-0.15, -0.1) is 0 Å². The fraction of sp³-hybridized carbons (Fsp3) is 0.217. The van der Waals surface area contributed by atoms with Gasteiger partial charge >= 0.3 is 0 Å². The highest BCUT2D eigenvalue weighted by molar-refractivity contribution is 5.91. The molecule has 0 unspecified atom stereocenters. The average Bonchev–Trinajstić information content (AvgIpc) is 2.71. The smallest absolute Gasteiger partial charge is 0.229 e. The number of methoxy groups -OCH3 is 1. The zero-order chi connectivity index (χ0) is 19.8. The summed E-state index contributed by atoms with van der Waals surface area (Å²) in [5.41, 5.74) is 4.20. The molecule has 0 fully saturated rings. The number of ether oxygens (including phenoxy) is 1. The number of carbonyl (C=O) groups excluding carboxylic acids is 1. The van der Waals surface area contributed by atoms with E-state index in [1.807, 2.05) is 55.5 Å². The van der Waals surface area contributed by atoms with Gasteiger partial charge in [-0.1, -0.05) is 42.5 Å². The van der Waals surface area contributed by atoms with E-state index in [2.05, 4.69) is 21.7 Å². The first-order valence-corrected chi connectivity index (χ1v) is 9.32. The normalized spacial score (nSPS) is 10.4. The van der Waals surface area contributed by atoms with E-state index in [-0.39, 0.29) is 5.91 Å². The first kappa shape index (κ1) is 19.4. The van der Waals surface area contributed by atoms with Crippen LogP contribution in [0.25, 0.3) is 0 Å². The number of pyridine rings is 1.